The van der Waals surface area contributed by atoms with Crippen molar-refractivity contribution in [3.8, 4) is 0 Å². The van der Waals surface area contributed by atoms with Crippen molar-refractivity contribution in [3.05, 3.63) is 24.8 Å². The normalized spacial score (nSPS) is 8.18. The lowest BCUT2D eigenvalue weighted by Gasteiger charge is -1.79. The third-order valence-corrected chi connectivity index (χ3v) is 0.989. The maximum atomic E-state index is 8.07. The van der Waals surface area contributed by atoms with E-state index in [2.05, 4.69) is 16.9 Å². The molecule has 0 saturated carbocycles. The maximum Gasteiger partial charge on any atom is 0.115 e. The fourth-order valence-corrected chi connectivity index (χ4v) is 0.411. The van der Waals surface area contributed by atoms with Crippen LogP contribution in [0, 0.1) is 0 Å². The van der Waals surface area contributed by atoms with Crippen LogP contribution in [0.15, 0.2) is 24.8 Å². The van der Waals surface area contributed by atoms with Crippen LogP contribution < -0.4 is 0 Å². The van der Waals surface area contributed by atoms with Crippen molar-refractivity contribution in [1.29, 1.82) is 0 Å². The van der Waals surface area contributed by atoms with Gasteiger partial charge in [0.05, 0.1) is 0 Å². The molecule has 0 fully saturated rings. The first-order valence-corrected chi connectivity index (χ1v) is 3.72. The van der Waals surface area contributed by atoms with Crippen LogP contribution in [0.4, 0.5) is 0 Å². The molecule has 0 aliphatic carbocycles. The van der Waals surface area contributed by atoms with Crippen molar-refractivity contribution in [3.63, 3.8) is 0 Å². The minimum absolute atomic E-state index is 0.344. The van der Waals surface area contributed by atoms with E-state index in [1.807, 2.05) is 0 Å². The number of aliphatic hydroxyl groups excluding tert-OH is 1. The van der Waals surface area contributed by atoms with Crippen LogP contribution in [0.2, 0.25) is 0 Å². The monoisotopic (exact) mass is 154 g/mol. The topological polar surface area (TPSA) is 46.0 Å². The summed E-state index contributed by atoms with van der Waals surface area (Å²) < 4.78 is 0. The zero-order valence-electron chi connectivity index (χ0n) is 6.77. The molecule has 3 heteroatoms. The summed E-state index contributed by atoms with van der Waals surface area (Å²) in [5.74, 6) is 0. The SMILES string of the molecule is CCCCO.c1cncnc1. The summed E-state index contributed by atoms with van der Waals surface area (Å²) in [6, 6.07) is 1.78. The first kappa shape index (κ1) is 10.0. The molecular weight excluding hydrogens is 140 g/mol. The van der Waals surface area contributed by atoms with Crippen molar-refractivity contribution >= 4 is 0 Å². The average Bonchev–Trinajstić information content (AvgIpc) is 2.10. The molecule has 0 bridgehead atoms. The summed E-state index contributed by atoms with van der Waals surface area (Å²) in [5, 5.41) is 8.07. The standard InChI is InChI=1S/C4H4N2.C4H10O/c1-2-5-4-6-3-1;1-2-3-4-5/h1-4H;5H,2-4H2,1H3. The summed E-state index contributed by atoms with van der Waals surface area (Å²) in [4.78, 5) is 7.35. The third-order valence-electron chi connectivity index (χ3n) is 0.989. The highest BCUT2D eigenvalue weighted by molar-refractivity contribution is 4.74. The Balaban J connectivity index is 0.000000187. The molecule has 0 aliphatic heterocycles. The summed E-state index contributed by atoms with van der Waals surface area (Å²) >= 11 is 0. The van der Waals surface area contributed by atoms with Crippen LogP contribution in [0.25, 0.3) is 0 Å². The smallest absolute Gasteiger partial charge is 0.115 e. The van der Waals surface area contributed by atoms with Gasteiger partial charge in [0.15, 0.2) is 0 Å². The molecule has 0 aromatic carbocycles. The second-order valence-electron chi connectivity index (χ2n) is 1.98. The Morgan fingerprint density at radius 3 is 2.00 bits per heavy atom. The quantitative estimate of drug-likeness (QED) is 0.697. The first-order chi connectivity index (χ1) is 5.41. The highest BCUT2D eigenvalue weighted by Gasteiger charge is 1.69. The van der Waals surface area contributed by atoms with E-state index in [0.717, 1.165) is 12.8 Å². The van der Waals surface area contributed by atoms with E-state index in [9.17, 15) is 0 Å². The van der Waals surface area contributed by atoms with E-state index >= 15 is 0 Å². The number of unbranched alkanes of at least 4 members (excludes halogenated alkanes) is 1. The van der Waals surface area contributed by atoms with Crippen LogP contribution in [-0.4, -0.2) is 21.7 Å². The van der Waals surface area contributed by atoms with Crippen LogP contribution in [-0.2, 0) is 0 Å². The van der Waals surface area contributed by atoms with Crippen molar-refractivity contribution < 1.29 is 5.11 Å². The molecule has 1 N–H and O–H groups in total. The largest absolute Gasteiger partial charge is 0.396 e. The minimum Gasteiger partial charge on any atom is -0.396 e. The Bertz CT molecular complexity index is 115. The lowest BCUT2D eigenvalue weighted by Crippen LogP contribution is -1.75. The molecule has 3 nitrogen and oxygen atoms in total. The van der Waals surface area contributed by atoms with E-state index in [-0.39, 0.29) is 0 Å². The van der Waals surface area contributed by atoms with Crippen molar-refractivity contribution in [2.45, 2.75) is 19.8 Å². The number of aliphatic hydroxyl groups is 1. The highest BCUT2D eigenvalue weighted by Crippen LogP contribution is 1.78. The molecule has 0 radical (unpaired) electrons. The number of hydrogen-bond acceptors (Lipinski definition) is 3. The molecule has 1 aromatic rings. The van der Waals surface area contributed by atoms with E-state index in [1.54, 1.807) is 18.5 Å². The van der Waals surface area contributed by atoms with Gasteiger partial charge in [0.2, 0.25) is 0 Å². The van der Waals surface area contributed by atoms with Gasteiger partial charge in [-0.3, -0.25) is 0 Å². The van der Waals surface area contributed by atoms with Crippen LogP contribution in [0.3, 0.4) is 0 Å². The third kappa shape index (κ3) is 9.04. The van der Waals surface area contributed by atoms with Gasteiger partial charge >= 0.3 is 0 Å². The highest BCUT2D eigenvalue weighted by atomic mass is 16.2. The fourth-order valence-electron chi connectivity index (χ4n) is 0.411. The Morgan fingerprint density at radius 1 is 1.27 bits per heavy atom. The summed E-state index contributed by atoms with van der Waals surface area (Å²) in [5.41, 5.74) is 0. The molecule has 0 aliphatic rings. The van der Waals surface area contributed by atoms with Gasteiger partial charge in [-0.15, -0.1) is 0 Å². The van der Waals surface area contributed by atoms with Gasteiger partial charge in [0.1, 0.15) is 6.33 Å². The van der Waals surface area contributed by atoms with Gasteiger partial charge in [-0.1, -0.05) is 13.3 Å². The number of aromatic nitrogens is 2. The zero-order chi connectivity index (χ0) is 8.36. The number of nitrogens with zero attached hydrogens (tertiary/aromatic N) is 2. The Labute approximate surface area is 67.1 Å². The van der Waals surface area contributed by atoms with E-state index in [4.69, 9.17) is 5.11 Å². The van der Waals surface area contributed by atoms with E-state index in [1.165, 1.54) is 6.33 Å². The molecular formula is C8H14N2O. The van der Waals surface area contributed by atoms with Crippen molar-refractivity contribution in [2.75, 3.05) is 6.61 Å². The molecule has 1 rings (SSSR count). The molecule has 0 spiro atoms. The first-order valence-electron chi connectivity index (χ1n) is 3.72. The average molecular weight is 154 g/mol. The molecule has 0 amide bonds. The predicted molar refractivity (Wildman–Crippen MR) is 44.0 cm³/mol. The van der Waals surface area contributed by atoms with Crippen molar-refractivity contribution in [2.24, 2.45) is 0 Å². The molecule has 1 aromatic heterocycles. The predicted octanol–water partition coefficient (Wildman–Crippen LogP) is 1.26. The lowest BCUT2D eigenvalue weighted by molar-refractivity contribution is 0.287. The number of hydrogen-bond donors (Lipinski definition) is 1. The fraction of sp³-hybridized carbons (Fsp3) is 0.500. The summed E-state index contributed by atoms with van der Waals surface area (Å²) in [7, 11) is 0. The van der Waals surface area contributed by atoms with Crippen LogP contribution >= 0.6 is 0 Å². The minimum atomic E-state index is 0.344. The van der Waals surface area contributed by atoms with Crippen LogP contribution in [0.1, 0.15) is 19.8 Å². The lowest BCUT2D eigenvalue weighted by atomic mass is 10.4. The van der Waals surface area contributed by atoms with Gasteiger partial charge in [-0.25, -0.2) is 9.97 Å². The number of rotatable bonds is 2. The summed E-state index contributed by atoms with van der Waals surface area (Å²) in [6.07, 6.45) is 6.91. The second kappa shape index (κ2) is 9.04. The molecule has 11 heavy (non-hydrogen) atoms. The van der Waals surface area contributed by atoms with Gasteiger partial charge in [-0.2, -0.15) is 0 Å². The van der Waals surface area contributed by atoms with E-state index < -0.39 is 0 Å². The molecule has 0 atom stereocenters. The van der Waals surface area contributed by atoms with Gasteiger partial charge in [0, 0.05) is 19.0 Å². The molecule has 62 valence electrons. The maximum absolute atomic E-state index is 8.07. The van der Waals surface area contributed by atoms with Gasteiger partial charge in [0.25, 0.3) is 0 Å². The van der Waals surface area contributed by atoms with Gasteiger partial charge < -0.3 is 5.11 Å². The molecule has 0 unspecified atom stereocenters. The Morgan fingerprint density at radius 2 is 1.91 bits per heavy atom. The van der Waals surface area contributed by atoms with Crippen molar-refractivity contribution in [1.82, 2.24) is 9.97 Å². The Hall–Kier alpha value is -0.960. The molecule has 1 heterocycles. The zero-order valence-corrected chi connectivity index (χ0v) is 6.77. The van der Waals surface area contributed by atoms with E-state index in [0.29, 0.717) is 6.61 Å². The Kier molecular flexibility index (Phi) is 8.25. The summed E-state index contributed by atoms with van der Waals surface area (Å²) in [6.45, 7) is 2.40. The molecule has 0 saturated heterocycles. The van der Waals surface area contributed by atoms with Gasteiger partial charge in [-0.05, 0) is 12.5 Å². The van der Waals surface area contributed by atoms with Crippen LogP contribution in [0.5, 0.6) is 0 Å². The second-order valence-corrected chi connectivity index (χ2v) is 1.98.